The number of nitrogens with zero attached hydrogens (tertiary/aromatic N) is 3. The normalized spacial score (nSPS) is 20.3. The number of carbonyl (C=O) groups excluding carboxylic acids is 1. The van der Waals surface area contributed by atoms with Gasteiger partial charge in [-0.15, -0.1) is 23.4 Å². The fraction of sp³-hybridized carbons (Fsp3) is 0.357. The zero-order chi connectivity index (χ0) is 17.3. The maximum atomic E-state index is 12.4. The van der Waals surface area contributed by atoms with Gasteiger partial charge in [0.2, 0.25) is 5.91 Å². The molecule has 0 spiro atoms. The number of halogens is 3. The third-order valence-corrected chi connectivity index (χ3v) is 3.79. The van der Waals surface area contributed by atoms with Crippen molar-refractivity contribution < 1.29 is 27.8 Å². The van der Waals surface area contributed by atoms with Crippen LogP contribution in [0.3, 0.4) is 0 Å². The highest BCUT2D eigenvalue weighted by atomic mass is 19.4. The fourth-order valence-electron chi connectivity index (χ4n) is 2.50. The van der Waals surface area contributed by atoms with Crippen LogP contribution in [0.4, 0.5) is 18.9 Å². The Bertz CT molecular complexity index is 727. The van der Waals surface area contributed by atoms with E-state index >= 15 is 0 Å². The Hall–Kier alpha value is -2.78. The monoisotopic (exact) mass is 342 g/mol. The van der Waals surface area contributed by atoms with E-state index in [4.69, 9.17) is 0 Å². The van der Waals surface area contributed by atoms with E-state index < -0.39 is 23.8 Å². The summed E-state index contributed by atoms with van der Waals surface area (Å²) in [5, 5.41) is 19.1. The number of hydrogen-bond donors (Lipinski definition) is 2. The number of phenolic OH excluding ortho intramolecular Hbond substituents is 1. The molecule has 0 atom stereocenters. The van der Waals surface area contributed by atoms with E-state index in [9.17, 15) is 23.1 Å². The Kier molecular flexibility index (Phi) is 4.04. The van der Waals surface area contributed by atoms with Gasteiger partial charge in [0.1, 0.15) is 18.4 Å². The minimum absolute atomic E-state index is 0.0986. The molecule has 1 fully saturated rings. The van der Waals surface area contributed by atoms with Crippen LogP contribution in [0, 0.1) is 5.92 Å². The van der Waals surface area contributed by atoms with Crippen molar-refractivity contribution in [3.8, 4) is 11.5 Å². The van der Waals surface area contributed by atoms with Gasteiger partial charge < -0.3 is 19.7 Å². The molecule has 1 aromatic heterocycles. The molecule has 0 saturated heterocycles. The van der Waals surface area contributed by atoms with Crippen molar-refractivity contribution in [1.29, 1.82) is 0 Å². The standard InChI is InChI=1S/C14H13F3N4O3/c15-14(16,17)24-12-5-10(22)1-2-11(12)20-13(23)8-3-9(4-8)21-6-18-19-7-21/h1-2,5-9,22H,3-4H2,(H,20,23). The van der Waals surface area contributed by atoms with Crippen LogP contribution in [0.25, 0.3) is 0 Å². The summed E-state index contributed by atoms with van der Waals surface area (Å²) in [5.41, 5.74) is -0.150. The van der Waals surface area contributed by atoms with E-state index in [1.807, 2.05) is 0 Å². The lowest BCUT2D eigenvalue weighted by molar-refractivity contribution is -0.274. The number of alkyl halides is 3. The number of nitrogens with one attached hydrogen (secondary N) is 1. The number of amides is 1. The van der Waals surface area contributed by atoms with Crippen molar-refractivity contribution in [3.63, 3.8) is 0 Å². The van der Waals surface area contributed by atoms with Crippen molar-refractivity contribution in [3.05, 3.63) is 30.9 Å². The summed E-state index contributed by atoms with van der Waals surface area (Å²) in [6, 6.07) is 3.22. The lowest BCUT2D eigenvalue weighted by Crippen LogP contribution is -2.35. The van der Waals surface area contributed by atoms with Crippen molar-refractivity contribution in [2.75, 3.05) is 5.32 Å². The molecule has 7 nitrogen and oxygen atoms in total. The van der Waals surface area contributed by atoms with Crippen molar-refractivity contribution in [1.82, 2.24) is 14.8 Å². The molecule has 2 N–H and O–H groups in total. The van der Waals surface area contributed by atoms with Crippen LogP contribution in [0.5, 0.6) is 11.5 Å². The molecular weight excluding hydrogens is 329 g/mol. The average molecular weight is 342 g/mol. The summed E-state index contributed by atoms with van der Waals surface area (Å²) >= 11 is 0. The lowest BCUT2D eigenvalue weighted by atomic mass is 9.79. The van der Waals surface area contributed by atoms with Gasteiger partial charge >= 0.3 is 6.36 Å². The van der Waals surface area contributed by atoms with Crippen LogP contribution in [0.1, 0.15) is 18.9 Å². The van der Waals surface area contributed by atoms with Gasteiger partial charge in [-0.05, 0) is 25.0 Å². The number of phenols is 1. The number of rotatable bonds is 4. The summed E-state index contributed by atoms with van der Waals surface area (Å²) in [7, 11) is 0. The van der Waals surface area contributed by atoms with Gasteiger partial charge in [0.25, 0.3) is 0 Å². The number of benzene rings is 1. The Morgan fingerprint density at radius 1 is 1.29 bits per heavy atom. The second-order valence-corrected chi connectivity index (χ2v) is 5.45. The molecule has 0 bridgehead atoms. The van der Waals surface area contributed by atoms with Gasteiger partial charge in [-0.25, -0.2) is 0 Å². The molecule has 24 heavy (non-hydrogen) atoms. The first-order chi connectivity index (χ1) is 11.3. The smallest absolute Gasteiger partial charge is 0.508 e. The van der Waals surface area contributed by atoms with E-state index in [1.54, 1.807) is 17.2 Å². The minimum atomic E-state index is -4.93. The van der Waals surface area contributed by atoms with E-state index in [2.05, 4.69) is 20.3 Å². The quantitative estimate of drug-likeness (QED) is 0.833. The molecule has 0 radical (unpaired) electrons. The van der Waals surface area contributed by atoms with Gasteiger partial charge in [0.15, 0.2) is 5.75 Å². The molecule has 1 aromatic carbocycles. The summed E-state index contributed by atoms with van der Waals surface area (Å²) < 4.78 is 42.8. The molecule has 2 aromatic rings. The molecule has 1 saturated carbocycles. The van der Waals surface area contributed by atoms with Crippen LogP contribution in [-0.2, 0) is 4.79 Å². The second kappa shape index (κ2) is 6.02. The highest BCUT2D eigenvalue weighted by Crippen LogP contribution is 2.39. The maximum Gasteiger partial charge on any atom is 0.573 e. The molecule has 0 unspecified atom stereocenters. The number of aromatic hydroxyl groups is 1. The molecule has 10 heteroatoms. The third kappa shape index (κ3) is 3.58. The molecule has 1 aliphatic rings. The second-order valence-electron chi connectivity index (χ2n) is 5.45. The SMILES string of the molecule is O=C(Nc1ccc(O)cc1OC(F)(F)F)C1CC(n2cnnc2)C1. The van der Waals surface area contributed by atoms with Gasteiger partial charge in [0.05, 0.1) is 5.69 Å². The van der Waals surface area contributed by atoms with E-state index in [0.717, 1.165) is 12.1 Å². The van der Waals surface area contributed by atoms with Gasteiger partial charge in [-0.1, -0.05) is 0 Å². The average Bonchev–Trinajstić information content (AvgIpc) is 2.92. The lowest BCUT2D eigenvalue weighted by Gasteiger charge is -2.34. The molecule has 1 heterocycles. The molecular formula is C14H13F3N4O3. The Balaban J connectivity index is 1.65. The van der Waals surface area contributed by atoms with Crippen molar-refractivity contribution in [2.24, 2.45) is 5.92 Å². The number of anilines is 1. The topological polar surface area (TPSA) is 89.3 Å². The van der Waals surface area contributed by atoms with Gasteiger partial charge in [-0.3, -0.25) is 4.79 Å². The van der Waals surface area contributed by atoms with Gasteiger partial charge in [0, 0.05) is 18.0 Å². The first kappa shape index (κ1) is 16.1. The Morgan fingerprint density at radius 2 is 1.96 bits per heavy atom. The maximum absolute atomic E-state index is 12.4. The Morgan fingerprint density at radius 3 is 2.58 bits per heavy atom. The van der Waals surface area contributed by atoms with Crippen LogP contribution >= 0.6 is 0 Å². The van der Waals surface area contributed by atoms with E-state index in [0.29, 0.717) is 12.8 Å². The summed E-state index contributed by atoms with van der Waals surface area (Å²) in [6.07, 6.45) is -0.750. The first-order valence-electron chi connectivity index (χ1n) is 7.05. The van der Waals surface area contributed by atoms with Gasteiger partial charge in [-0.2, -0.15) is 0 Å². The van der Waals surface area contributed by atoms with Crippen LogP contribution in [0.2, 0.25) is 0 Å². The van der Waals surface area contributed by atoms with E-state index in [1.165, 1.54) is 6.07 Å². The number of ether oxygens (including phenoxy) is 1. The molecule has 1 aliphatic carbocycles. The number of carbonyl (C=O) groups is 1. The highest BCUT2D eigenvalue weighted by Gasteiger charge is 2.37. The summed E-state index contributed by atoms with van der Waals surface area (Å²) in [4.78, 5) is 12.2. The number of aromatic nitrogens is 3. The molecule has 1 amide bonds. The largest absolute Gasteiger partial charge is 0.573 e. The number of hydrogen-bond acceptors (Lipinski definition) is 5. The van der Waals surface area contributed by atoms with E-state index in [-0.39, 0.29) is 17.6 Å². The van der Waals surface area contributed by atoms with Crippen LogP contribution in [0.15, 0.2) is 30.9 Å². The molecule has 3 rings (SSSR count). The Labute approximate surface area is 134 Å². The predicted molar refractivity (Wildman–Crippen MR) is 75.2 cm³/mol. The van der Waals surface area contributed by atoms with Crippen LogP contribution in [-0.4, -0.2) is 32.1 Å². The van der Waals surface area contributed by atoms with Crippen molar-refractivity contribution in [2.45, 2.75) is 25.2 Å². The summed E-state index contributed by atoms with van der Waals surface area (Å²) in [5.74, 6) is -1.80. The van der Waals surface area contributed by atoms with Crippen LogP contribution < -0.4 is 10.1 Å². The first-order valence-corrected chi connectivity index (χ1v) is 7.05. The highest BCUT2D eigenvalue weighted by molar-refractivity contribution is 5.94. The van der Waals surface area contributed by atoms with Crippen molar-refractivity contribution >= 4 is 11.6 Å². The fourth-order valence-corrected chi connectivity index (χ4v) is 2.50. The third-order valence-electron chi connectivity index (χ3n) is 3.79. The zero-order valence-electron chi connectivity index (χ0n) is 12.2. The molecule has 0 aliphatic heterocycles. The predicted octanol–water partition coefficient (Wildman–Crippen LogP) is 2.47. The zero-order valence-corrected chi connectivity index (χ0v) is 12.2. The minimum Gasteiger partial charge on any atom is -0.508 e. The molecule has 128 valence electrons. The summed E-state index contributed by atoms with van der Waals surface area (Å²) in [6.45, 7) is 0.